The van der Waals surface area contributed by atoms with Crippen LogP contribution in [0, 0.1) is 17.2 Å². The van der Waals surface area contributed by atoms with Gasteiger partial charge in [-0.25, -0.2) is 0 Å². The number of hydrogen-bond donors (Lipinski definition) is 0. The molecule has 0 bridgehead atoms. The van der Waals surface area contributed by atoms with Crippen LogP contribution in [0.15, 0.2) is 24.3 Å². The number of fused-ring (bicyclic) bond motifs is 1. The number of halogens is 3. The molecule has 20 heavy (non-hydrogen) atoms. The largest absolute Gasteiger partial charge is 0.406 e. The number of benzene rings is 1. The maximum atomic E-state index is 12.7. The number of rotatable bonds is 2. The second-order valence-electron chi connectivity index (χ2n) is 4.71. The van der Waals surface area contributed by atoms with Crippen molar-refractivity contribution in [2.45, 2.75) is 25.4 Å². The molecule has 2 rings (SSSR count). The first kappa shape index (κ1) is 14.4. The highest BCUT2D eigenvalue weighted by Crippen LogP contribution is 2.31. The molecule has 1 amide bonds. The van der Waals surface area contributed by atoms with Gasteiger partial charge in [0.1, 0.15) is 0 Å². The van der Waals surface area contributed by atoms with Crippen molar-refractivity contribution in [2.24, 2.45) is 5.92 Å². The minimum atomic E-state index is -4.63. The zero-order valence-electron chi connectivity index (χ0n) is 10.7. The van der Waals surface area contributed by atoms with Crippen molar-refractivity contribution in [1.82, 2.24) is 0 Å². The summed E-state index contributed by atoms with van der Waals surface area (Å²) in [6.07, 6.45) is -3.17. The fourth-order valence-electron chi connectivity index (χ4n) is 2.29. The Morgan fingerprint density at radius 1 is 1.30 bits per heavy atom. The molecule has 1 aliphatic heterocycles. The second kappa shape index (κ2) is 5.53. The average Bonchev–Trinajstić information content (AvgIpc) is 2.54. The smallest absolute Gasteiger partial charge is 0.310 e. The molecule has 1 atom stereocenters. The third-order valence-electron chi connectivity index (χ3n) is 3.34. The highest BCUT2D eigenvalue weighted by molar-refractivity contribution is 5.94. The van der Waals surface area contributed by atoms with E-state index in [0.717, 1.165) is 10.5 Å². The van der Waals surface area contributed by atoms with E-state index in [4.69, 9.17) is 5.26 Å². The molecule has 0 saturated heterocycles. The molecule has 1 heterocycles. The van der Waals surface area contributed by atoms with E-state index in [9.17, 15) is 18.0 Å². The van der Waals surface area contributed by atoms with E-state index in [2.05, 4.69) is 0 Å². The Balaban J connectivity index is 2.34. The molecule has 3 nitrogen and oxygen atoms in total. The summed E-state index contributed by atoms with van der Waals surface area (Å²) >= 11 is 0. The predicted octanol–water partition coefficient (Wildman–Crippen LogP) is 3.06. The maximum Gasteiger partial charge on any atom is 0.406 e. The number of nitriles is 1. The number of nitrogens with zero attached hydrogens (tertiary/aromatic N) is 2. The van der Waals surface area contributed by atoms with E-state index in [0.29, 0.717) is 18.5 Å². The zero-order valence-corrected chi connectivity index (χ0v) is 10.7. The summed E-state index contributed by atoms with van der Waals surface area (Å²) in [7, 11) is 0. The summed E-state index contributed by atoms with van der Waals surface area (Å²) in [5, 5.41) is 8.69. The Morgan fingerprint density at radius 3 is 2.65 bits per heavy atom. The molecular weight excluding hydrogens is 269 g/mol. The van der Waals surface area contributed by atoms with Crippen LogP contribution < -0.4 is 4.90 Å². The van der Waals surface area contributed by atoms with Crippen LogP contribution in [0.5, 0.6) is 0 Å². The van der Waals surface area contributed by atoms with Gasteiger partial charge in [0.2, 0.25) is 5.91 Å². The first-order valence-electron chi connectivity index (χ1n) is 6.28. The lowest BCUT2D eigenvalue weighted by molar-refractivity contribution is -0.156. The van der Waals surface area contributed by atoms with E-state index in [1.54, 1.807) is 24.3 Å². The Morgan fingerprint density at radius 2 is 2.00 bits per heavy atom. The standard InChI is InChI=1S/C14H13F3N2O/c15-14(16,17)11(8-18)9-19-12-6-2-1-4-10(12)5-3-7-13(19)20/h1-2,4,6,11H,3,5,7,9H2. The van der Waals surface area contributed by atoms with Gasteiger partial charge in [0.05, 0.1) is 12.6 Å². The van der Waals surface area contributed by atoms with Crippen LogP contribution in [0.1, 0.15) is 18.4 Å². The van der Waals surface area contributed by atoms with Gasteiger partial charge in [0, 0.05) is 12.1 Å². The average molecular weight is 282 g/mol. The first-order valence-corrected chi connectivity index (χ1v) is 6.28. The number of carbonyl (C=O) groups excluding carboxylic acids is 1. The summed E-state index contributed by atoms with van der Waals surface area (Å²) < 4.78 is 38.2. The van der Waals surface area contributed by atoms with Crippen molar-refractivity contribution in [1.29, 1.82) is 5.26 Å². The van der Waals surface area contributed by atoms with E-state index < -0.39 is 18.6 Å². The number of para-hydroxylation sites is 1. The van der Waals surface area contributed by atoms with E-state index in [1.165, 1.54) is 6.07 Å². The molecular formula is C14H13F3N2O. The van der Waals surface area contributed by atoms with Crippen molar-refractivity contribution in [3.05, 3.63) is 29.8 Å². The van der Waals surface area contributed by atoms with Crippen LogP contribution in [0.4, 0.5) is 18.9 Å². The lowest BCUT2D eigenvalue weighted by Crippen LogP contribution is -2.39. The fourth-order valence-corrected chi connectivity index (χ4v) is 2.29. The van der Waals surface area contributed by atoms with Gasteiger partial charge in [-0.15, -0.1) is 0 Å². The van der Waals surface area contributed by atoms with Crippen molar-refractivity contribution >= 4 is 11.6 Å². The van der Waals surface area contributed by atoms with E-state index in [-0.39, 0.29) is 12.3 Å². The van der Waals surface area contributed by atoms with Gasteiger partial charge in [-0.2, -0.15) is 18.4 Å². The molecule has 0 fully saturated rings. The highest BCUT2D eigenvalue weighted by atomic mass is 19.4. The summed E-state index contributed by atoms with van der Waals surface area (Å²) in [5.74, 6) is -2.53. The molecule has 0 aromatic heterocycles. The number of aryl methyl sites for hydroxylation is 1. The van der Waals surface area contributed by atoms with Gasteiger partial charge in [-0.3, -0.25) is 4.79 Å². The van der Waals surface area contributed by atoms with Gasteiger partial charge >= 0.3 is 6.18 Å². The molecule has 6 heteroatoms. The quantitative estimate of drug-likeness (QED) is 0.836. The summed E-state index contributed by atoms with van der Waals surface area (Å²) in [5.41, 5.74) is 1.33. The molecule has 106 valence electrons. The molecule has 0 saturated carbocycles. The lowest BCUT2D eigenvalue weighted by atomic mass is 10.1. The molecule has 1 aromatic carbocycles. The molecule has 0 radical (unpaired) electrons. The maximum absolute atomic E-state index is 12.7. The van der Waals surface area contributed by atoms with Crippen LogP contribution in [0.2, 0.25) is 0 Å². The van der Waals surface area contributed by atoms with Crippen LogP contribution in [-0.4, -0.2) is 18.6 Å². The molecule has 0 aliphatic carbocycles. The number of alkyl halides is 3. The Bertz CT molecular complexity index is 548. The second-order valence-corrected chi connectivity index (χ2v) is 4.71. The summed E-state index contributed by atoms with van der Waals surface area (Å²) in [6, 6.07) is 8.14. The molecule has 1 aromatic rings. The number of amides is 1. The van der Waals surface area contributed by atoms with Crippen molar-refractivity contribution in [3.8, 4) is 6.07 Å². The molecule has 1 aliphatic rings. The van der Waals surface area contributed by atoms with Crippen molar-refractivity contribution in [3.63, 3.8) is 0 Å². The van der Waals surface area contributed by atoms with Crippen molar-refractivity contribution < 1.29 is 18.0 Å². The third-order valence-corrected chi connectivity index (χ3v) is 3.34. The number of carbonyl (C=O) groups is 1. The van der Waals surface area contributed by atoms with Crippen LogP contribution in [0.25, 0.3) is 0 Å². The lowest BCUT2D eigenvalue weighted by Gasteiger charge is -2.26. The van der Waals surface area contributed by atoms with Crippen LogP contribution in [-0.2, 0) is 11.2 Å². The van der Waals surface area contributed by atoms with Gasteiger partial charge < -0.3 is 4.90 Å². The SMILES string of the molecule is N#CC(CN1C(=O)CCCc2ccccc21)C(F)(F)F. The summed E-state index contributed by atoms with van der Waals surface area (Å²) in [6.45, 7) is -0.643. The Hall–Kier alpha value is -2.03. The zero-order chi connectivity index (χ0) is 14.8. The minimum Gasteiger partial charge on any atom is -0.310 e. The molecule has 0 spiro atoms. The summed E-state index contributed by atoms with van der Waals surface area (Å²) in [4.78, 5) is 13.1. The topological polar surface area (TPSA) is 44.1 Å². The van der Waals surface area contributed by atoms with Crippen molar-refractivity contribution in [2.75, 3.05) is 11.4 Å². The molecule has 1 unspecified atom stereocenters. The van der Waals surface area contributed by atoms with E-state index >= 15 is 0 Å². The number of hydrogen-bond acceptors (Lipinski definition) is 2. The first-order chi connectivity index (χ1) is 9.43. The normalized spacial score (nSPS) is 17.1. The third kappa shape index (κ3) is 2.93. The highest BCUT2D eigenvalue weighted by Gasteiger charge is 2.42. The van der Waals surface area contributed by atoms with Gasteiger partial charge in [-0.05, 0) is 24.5 Å². The van der Waals surface area contributed by atoms with Gasteiger partial charge in [0.25, 0.3) is 0 Å². The monoisotopic (exact) mass is 282 g/mol. The van der Waals surface area contributed by atoms with Crippen LogP contribution in [0.3, 0.4) is 0 Å². The molecule has 0 N–H and O–H groups in total. The number of anilines is 1. The van der Waals surface area contributed by atoms with Gasteiger partial charge in [-0.1, -0.05) is 18.2 Å². The Labute approximate surface area is 114 Å². The minimum absolute atomic E-state index is 0.199. The Kier molecular flexibility index (Phi) is 3.98. The predicted molar refractivity (Wildman–Crippen MR) is 66.9 cm³/mol. The van der Waals surface area contributed by atoms with Crippen LogP contribution >= 0.6 is 0 Å². The van der Waals surface area contributed by atoms with E-state index in [1.807, 2.05) is 0 Å². The fraction of sp³-hybridized carbons (Fsp3) is 0.429. The van der Waals surface area contributed by atoms with Gasteiger partial charge in [0.15, 0.2) is 5.92 Å².